The summed E-state index contributed by atoms with van der Waals surface area (Å²) < 4.78 is 41.5. The number of nitrogens with zero attached hydrogens (tertiary/aromatic N) is 6. The van der Waals surface area contributed by atoms with E-state index in [-0.39, 0.29) is 35.7 Å². The van der Waals surface area contributed by atoms with Gasteiger partial charge in [-0.1, -0.05) is 12.1 Å². The Balaban J connectivity index is 1.23. The lowest BCUT2D eigenvalue weighted by molar-refractivity contribution is -0.126. The van der Waals surface area contributed by atoms with Crippen molar-refractivity contribution in [1.82, 2.24) is 29.7 Å². The minimum atomic E-state index is -2.78. The van der Waals surface area contributed by atoms with Gasteiger partial charge in [-0.25, -0.2) is 13.8 Å². The quantitative estimate of drug-likeness (QED) is 0.473. The Bertz CT molecular complexity index is 1340. The monoisotopic (exact) mass is 555 g/mol. The summed E-state index contributed by atoms with van der Waals surface area (Å²) in [4.78, 5) is 30.4. The standard InChI is InChI=1S/C28H35F2N7O3/c1-35-12-4-7-22(35)27(38)31-18-8-10-19(11-9-18)40-24-17-23(33-28(34-24)36-13-15-39-16-14-36)37-21-6-3-2-5-20(21)32-26(37)25(29)30/h2-3,5-6,17-19,22,25H,4,7-16H2,1H3,(H,31,38)/t18-,19-,22-/m0/s1. The van der Waals surface area contributed by atoms with Crippen molar-refractivity contribution in [2.75, 3.05) is 44.8 Å². The van der Waals surface area contributed by atoms with Crippen molar-refractivity contribution < 1.29 is 23.0 Å². The molecule has 0 radical (unpaired) electrons. The molecule has 0 spiro atoms. The molecule has 3 aliphatic rings. The largest absolute Gasteiger partial charge is 0.474 e. The predicted octanol–water partition coefficient (Wildman–Crippen LogP) is 3.49. The van der Waals surface area contributed by atoms with E-state index in [0.29, 0.717) is 49.2 Å². The Hall–Kier alpha value is -3.38. The Morgan fingerprint density at radius 1 is 1.05 bits per heavy atom. The van der Waals surface area contributed by atoms with E-state index in [1.54, 1.807) is 30.3 Å². The number of halogens is 2. The number of nitrogens with one attached hydrogen (secondary N) is 1. The minimum absolute atomic E-state index is 0.0376. The van der Waals surface area contributed by atoms with Crippen LogP contribution in [0.2, 0.25) is 0 Å². The molecule has 214 valence electrons. The van der Waals surface area contributed by atoms with Crippen molar-refractivity contribution in [3.63, 3.8) is 0 Å². The molecule has 3 fully saturated rings. The van der Waals surface area contributed by atoms with Gasteiger partial charge in [-0.2, -0.15) is 9.97 Å². The summed E-state index contributed by atoms with van der Waals surface area (Å²) >= 11 is 0. The smallest absolute Gasteiger partial charge is 0.296 e. The van der Waals surface area contributed by atoms with Crippen LogP contribution in [0.1, 0.15) is 50.8 Å². The number of hydrogen-bond acceptors (Lipinski definition) is 8. The van der Waals surface area contributed by atoms with Crippen LogP contribution in [0.25, 0.3) is 16.9 Å². The number of likely N-dealkylation sites (N-methyl/N-ethyl adjacent to an activating group) is 1. The molecule has 3 aromatic rings. The fraction of sp³-hybridized carbons (Fsp3) is 0.571. The zero-order chi connectivity index (χ0) is 27.6. The normalized spacial score (nSPS) is 24.1. The first-order valence-electron chi connectivity index (χ1n) is 14.1. The van der Waals surface area contributed by atoms with E-state index in [1.165, 1.54) is 4.57 Å². The number of amides is 1. The second-order valence-corrected chi connectivity index (χ2v) is 10.8. The molecular weight excluding hydrogens is 520 g/mol. The van der Waals surface area contributed by atoms with Crippen molar-refractivity contribution >= 4 is 22.9 Å². The van der Waals surface area contributed by atoms with Crippen LogP contribution in [-0.2, 0) is 9.53 Å². The molecule has 12 heteroatoms. The number of rotatable bonds is 7. The summed E-state index contributed by atoms with van der Waals surface area (Å²) in [6.45, 7) is 3.21. The summed E-state index contributed by atoms with van der Waals surface area (Å²) in [6.07, 6.45) is 2.20. The predicted molar refractivity (Wildman–Crippen MR) is 145 cm³/mol. The number of fused-ring (bicyclic) bond motifs is 1. The van der Waals surface area contributed by atoms with E-state index in [9.17, 15) is 13.6 Å². The second kappa shape index (κ2) is 11.6. The molecule has 10 nitrogen and oxygen atoms in total. The van der Waals surface area contributed by atoms with Crippen LogP contribution in [0, 0.1) is 0 Å². The Morgan fingerprint density at radius 3 is 2.55 bits per heavy atom. The van der Waals surface area contributed by atoms with Gasteiger partial charge >= 0.3 is 0 Å². The highest BCUT2D eigenvalue weighted by atomic mass is 19.3. The highest BCUT2D eigenvalue weighted by molar-refractivity contribution is 5.82. The minimum Gasteiger partial charge on any atom is -0.474 e. The number of hydrogen-bond donors (Lipinski definition) is 1. The van der Waals surface area contributed by atoms with Crippen molar-refractivity contribution in [1.29, 1.82) is 0 Å². The van der Waals surface area contributed by atoms with Crippen LogP contribution >= 0.6 is 0 Å². The van der Waals surface area contributed by atoms with E-state index in [2.05, 4.69) is 20.2 Å². The van der Waals surface area contributed by atoms with Crippen LogP contribution in [0.5, 0.6) is 5.88 Å². The number of carbonyl (C=O) groups is 1. The Labute approximate surface area is 231 Å². The van der Waals surface area contributed by atoms with E-state index in [0.717, 1.165) is 45.1 Å². The maximum atomic E-state index is 14.1. The zero-order valence-electron chi connectivity index (χ0n) is 22.6. The van der Waals surface area contributed by atoms with Crippen molar-refractivity contribution in [3.8, 4) is 11.7 Å². The van der Waals surface area contributed by atoms with Gasteiger partial charge in [-0.05, 0) is 64.3 Å². The lowest BCUT2D eigenvalue weighted by atomic mass is 9.92. The molecular formula is C28H35F2N7O3. The van der Waals surface area contributed by atoms with E-state index < -0.39 is 6.43 Å². The highest BCUT2D eigenvalue weighted by Gasteiger charge is 2.31. The molecule has 0 bridgehead atoms. The number of morpholine rings is 1. The van der Waals surface area contributed by atoms with E-state index in [4.69, 9.17) is 14.5 Å². The SMILES string of the molecule is CN1CCC[C@H]1C(=O)N[C@H]1CC[C@H](Oc2cc(-n3c(C(F)F)nc4ccccc43)nc(N3CCOCC3)n2)CC1. The van der Waals surface area contributed by atoms with Crippen LogP contribution in [0.3, 0.4) is 0 Å². The van der Waals surface area contributed by atoms with E-state index >= 15 is 0 Å². The number of para-hydroxylation sites is 2. The molecule has 6 rings (SSSR count). The van der Waals surface area contributed by atoms with Gasteiger partial charge in [0.2, 0.25) is 17.7 Å². The molecule has 2 aromatic heterocycles. The van der Waals surface area contributed by atoms with Crippen LogP contribution < -0.4 is 15.0 Å². The summed E-state index contributed by atoms with van der Waals surface area (Å²) in [5, 5.41) is 3.23. The zero-order valence-corrected chi connectivity index (χ0v) is 22.6. The molecule has 2 aliphatic heterocycles. The van der Waals surface area contributed by atoms with Gasteiger partial charge in [-0.15, -0.1) is 0 Å². The molecule has 1 aliphatic carbocycles. The van der Waals surface area contributed by atoms with Gasteiger partial charge in [0.05, 0.1) is 30.3 Å². The fourth-order valence-electron chi connectivity index (χ4n) is 5.95. The third kappa shape index (κ3) is 5.60. The van der Waals surface area contributed by atoms with Gasteiger partial charge in [0, 0.05) is 25.2 Å². The van der Waals surface area contributed by atoms with Crippen molar-refractivity contribution in [2.45, 2.75) is 63.1 Å². The number of imidazole rings is 1. The summed E-state index contributed by atoms with van der Waals surface area (Å²) in [5.41, 5.74) is 1.01. The fourth-order valence-corrected chi connectivity index (χ4v) is 5.95. The third-order valence-electron chi connectivity index (χ3n) is 8.11. The first-order valence-corrected chi connectivity index (χ1v) is 14.1. The summed E-state index contributed by atoms with van der Waals surface area (Å²) in [7, 11) is 2.00. The number of ether oxygens (including phenoxy) is 2. The van der Waals surface area contributed by atoms with Crippen LogP contribution in [-0.4, -0.2) is 88.4 Å². The van der Waals surface area contributed by atoms with Crippen LogP contribution in [0.15, 0.2) is 30.3 Å². The highest BCUT2D eigenvalue weighted by Crippen LogP contribution is 2.31. The Morgan fingerprint density at radius 2 is 1.82 bits per heavy atom. The second-order valence-electron chi connectivity index (χ2n) is 10.8. The molecule has 1 atom stereocenters. The molecule has 40 heavy (non-hydrogen) atoms. The van der Waals surface area contributed by atoms with Gasteiger partial charge < -0.3 is 19.7 Å². The van der Waals surface area contributed by atoms with Crippen molar-refractivity contribution in [3.05, 3.63) is 36.2 Å². The number of aromatic nitrogens is 4. The van der Waals surface area contributed by atoms with Gasteiger partial charge in [0.25, 0.3) is 6.43 Å². The molecule has 2 saturated heterocycles. The Kier molecular flexibility index (Phi) is 7.79. The topological polar surface area (TPSA) is 97.6 Å². The maximum Gasteiger partial charge on any atom is 0.296 e. The van der Waals surface area contributed by atoms with Gasteiger partial charge in [-0.3, -0.25) is 14.3 Å². The average Bonchev–Trinajstić information content (AvgIpc) is 3.58. The van der Waals surface area contributed by atoms with Crippen LogP contribution in [0.4, 0.5) is 14.7 Å². The number of alkyl halides is 2. The van der Waals surface area contributed by atoms with Gasteiger partial charge in [0.15, 0.2) is 5.82 Å². The number of benzene rings is 1. The lowest BCUT2D eigenvalue weighted by Crippen LogP contribution is -2.47. The van der Waals surface area contributed by atoms with Crippen molar-refractivity contribution in [2.24, 2.45) is 0 Å². The maximum absolute atomic E-state index is 14.1. The first kappa shape index (κ1) is 26.8. The summed E-state index contributed by atoms with van der Waals surface area (Å²) in [6, 6.07) is 8.73. The molecule has 4 heterocycles. The molecule has 1 amide bonds. The third-order valence-corrected chi connectivity index (χ3v) is 8.11. The molecule has 1 N–H and O–H groups in total. The number of likely N-dealkylation sites (tertiary alicyclic amines) is 1. The molecule has 0 unspecified atom stereocenters. The molecule has 1 saturated carbocycles. The number of anilines is 1. The molecule has 1 aromatic carbocycles. The number of carbonyl (C=O) groups excluding carboxylic acids is 1. The average molecular weight is 556 g/mol. The van der Waals surface area contributed by atoms with Gasteiger partial charge in [0.1, 0.15) is 11.9 Å². The van der Waals surface area contributed by atoms with E-state index in [1.807, 2.05) is 11.9 Å². The lowest BCUT2D eigenvalue weighted by Gasteiger charge is -2.31. The first-order chi connectivity index (χ1) is 19.5. The summed E-state index contributed by atoms with van der Waals surface area (Å²) in [5.74, 6) is 0.780.